The Hall–Kier alpha value is -4.51. The summed E-state index contributed by atoms with van der Waals surface area (Å²) >= 11 is 0. The average Bonchev–Trinajstić information content (AvgIpc) is 3.20. The van der Waals surface area contributed by atoms with Gasteiger partial charge in [-0.1, -0.05) is 79.4 Å². The highest BCUT2D eigenvalue weighted by atomic mass is 15.2. The molecule has 0 bridgehead atoms. The molecule has 5 nitrogen and oxygen atoms in total. The fourth-order valence-corrected chi connectivity index (χ4v) is 4.10. The minimum Gasteiger partial charge on any atom is -0.328 e. The van der Waals surface area contributed by atoms with Crippen LogP contribution in [0.25, 0.3) is 39.0 Å². The first-order valence-corrected chi connectivity index (χ1v) is 10.7. The number of para-hydroxylation sites is 2. The fraction of sp³-hybridized carbons (Fsp3) is 0.0357. The molecule has 0 aliphatic rings. The Kier molecular flexibility index (Phi) is 5.29. The van der Waals surface area contributed by atoms with Crippen molar-refractivity contribution >= 4 is 45.5 Å². The number of hydrogen-bond donors (Lipinski definition) is 1. The maximum Gasteiger partial charge on any atom is 0.165 e. The van der Waals surface area contributed by atoms with Crippen LogP contribution in [0.1, 0.15) is 0 Å². The van der Waals surface area contributed by atoms with Crippen molar-refractivity contribution in [1.29, 1.82) is 5.41 Å². The molecule has 33 heavy (non-hydrogen) atoms. The molecular formula is C28H23N5. The Labute approximate surface area is 192 Å². The predicted octanol–water partition coefficient (Wildman–Crippen LogP) is 6.70. The van der Waals surface area contributed by atoms with Crippen LogP contribution in [0.3, 0.4) is 0 Å². The molecule has 0 aliphatic heterocycles. The van der Waals surface area contributed by atoms with Gasteiger partial charge >= 0.3 is 0 Å². The van der Waals surface area contributed by atoms with E-state index in [-0.39, 0.29) is 0 Å². The summed E-state index contributed by atoms with van der Waals surface area (Å²) in [6.45, 7) is 3.82. The van der Waals surface area contributed by atoms with Gasteiger partial charge in [-0.05, 0) is 24.3 Å². The molecule has 0 aliphatic carbocycles. The van der Waals surface area contributed by atoms with Gasteiger partial charge in [-0.3, -0.25) is 4.57 Å². The molecule has 0 saturated carbocycles. The normalized spacial score (nSPS) is 11.6. The Morgan fingerprint density at radius 2 is 1.58 bits per heavy atom. The summed E-state index contributed by atoms with van der Waals surface area (Å²) in [5.41, 5.74) is 5.90. The van der Waals surface area contributed by atoms with Crippen molar-refractivity contribution in [3.05, 3.63) is 104 Å². The fourth-order valence-electron chi connectivity index (χ4n) is 4.10. The lowest BCUT2D eigenvalue weighted by molar-refractivity contribution is 1.11. The van der Waals surface area contributed by atoms with Crippen LogP contribution in [-0.4, -0.2) is 27.8 Å². The second-order valence-electron chi connectivity index (χ2n) is 7.65. The maximum absolute atomic E-state index is 8.01. The van der Waals surface area contributed by atoms with Gasteiger partial charge in [-0.2, -0.15) is 0 Å². The van der Waals surface area contributed by atoms with E-state index in [2.05, 4.69) is 23.6 Å². The van der Waals surface area contributed by atoms with Gasteiger partial charge in [0.15, 0.2) is 11.5 Å². The van der Waals surface area contributed by atoms with Crippen LogP contribution in [0.15, 0.2) is 104 Å². The summed E-state index contributed by atoms with van der Waals surface area (Å²) < 4.78 is 1.98. The zero-order valence-electron chi connectivity index (χ0n) is 18.3. The van der Waals surface area contributed by atoms with Crippen molar-refractivity contribution in [3.63, 3.8) is 0 Å². The standard InChI is InChI=1S/C28H23N5/c1-3-12-22(19-29)33-24-18-11-10-17-23(24)26-28(33)30-25(20-13-6-4-7-14-20)27(31-26)32(2)21-15-8-5-9-16-21/h3-19,29H,1H2,2H3/b22-12+,29-19?. The van der Waals surface area contributed by atoms with Gasteiger partial charge < -0.3 is 10.3 Å². The molecule has 1 N–H and O–H groups in total. The molecular weight excluding hydrogens is 406 g/mol. The van der Waals surface area contributed by atoms with E-state index in [1.807, 2.05) is 90.5 Å². The number of rotatable bonds is 6. The molecule has 0 saturated heterocycles. The SMILES string of the molecule is C=C/C=C(\C=N)n1c2ccccc2c2nc(N(C)c3ccccc3)c(-c3ccccc3)nc21. The summed E-state index contributed by atoms with van der Waals surface area (Å²) in [7, 11) is 2.01. The molecule has 0 unspecified atom stereocenters. The van der Waals surface area contributed by atoms with E-state index in [0.717, 1.165) is 39.2 Å². The van der Waals surface area contributed by atoms with Gasteiger partial charge in [0, 0.05) is 29.9 Å². The summed E-state index contributed by atoms with van der Waals surface area (Å²) in [4.78, 5) is 12.4. The lowest BCUT2D eigenvalue weighted by Crippen LogP contribution is -2.14. The third kappa shape index (κ3) is 3.49. The molecule has 2 heterocycles. The number of nitrogens with one attached hydrogen (secondary N) is 1. The summed E-state index contributed by atoms with van der Waals surface area (Å²) in [6, 6.07) is 28.3. The molecule has 3 aromatic carbocycles. The Morgan fingerprint density at radius 3 is 2.27 bits per heavy atom. The summed E-state index contributed by atoms with van der Waals surface area (Å²) in [5, 5.41) is 9.00. The number of aromatic nitrogens is 3. The van der Waals surface area contributed by atoms with Crippen molar-refractivity contribution in [3.8, 4) is 11.3 Å². The smallest absolute Gasteiger partial charge is 0.165 e. The zero-order chi connectivity index (χ0) is 22.8. The number of anilines is 2. The Balaban J connectivity index is 1.90. The second-order valence-corrected chi connectivity index (χ2v) is 7.65. The van der Waals surface area contributed by atoms with Crippen LogP contribution in [0, 0.1) is 5.41 Å². The summed E-state index contributed by atoms with van der Waals surface area (Å²) in [5.74, 6) is 0.770. The molecule has 5 rings (SSSR count). The number of fused-ring (bicyclic) bond motifs is 3. The second kappa shape index (κ2) is 8.55. The van der Waals surface area contributed by atoms with Gasteiger partial charge in [0.2, 0.25) is 0 Å². The van der Waals surface area contributed by atoms with Crippen molar-refractivity contribution in [2.45, 2.75) is 0 Å². The molecule has 5 heteroatoms. The Bertz CT molecular complexity index is 1500. The van der Waals surface area contributed by atoms with Crippen molar-refractivity contribution in [2.75, 3.05) is 11.9 Å². The van der Waals surface area contributed by atoms with Crippen LogP contribution >= 0.6 is 0 Å². The van der Waals surface area contributed by atoms with Crippen LogP contribution in [0.5, 0.6) is 0 Å². The van der Waals surface area contributed by atoms with Gasteiger partial charge in [0.25, 0.3) is 0 Å². The molecule has 0 amide bonds. The third-order valence-corrected chi connectivity index (χ3v) is 5.67. The first-order valence-electron chi connectivity index (χ1n) is 10.7. The molecule has 0 spiro atoms. The first kappa shape index (κ1) is 20.4. The van der Waals surface area contributed by atoms with E-state index < -0.39 is 0 Å². The lowest BCUT2D eigenvalue weighted by atomic mass is 10.1. The largest absolute Gasteiger partial charge is 0.328 e. The number of benzene rings is 3. The average molecular weight is 430 g/mol. The quantitative estimate of drug-likeness (QED) is 0.241. The van der Waals surface area contributed by atoms with E-state index in [0.29, 0.717) is 11.3 Å². The minimum atomic E-state index is 0.675. The molecule has 0 fully saturated rings. The number of allylic oxidation sites excluding steroid dienone is 3. The van der Waals surface area contributed by atoms with Gasteiger partial charge in [-0.25, -0.2) is 9.97 Å². The van der Waals surface area contributed by atoms with E-state index in [9.17, 15) is 0 Å². The molecule has 0 atom stereocenters. The van der Waals surface area contributed by atoms with E-state index in [1.54, 1.807) is 6.08 Å². The van der Waals surface area contributed by atoms with Gasteiger partial charge in [0.1, 0.15) is 11.2 Å². The highest BCUT2D eigenvalue weighted by molar-refractivity contribution is 6.13. The number of nitrogens with zero attached hydrogens (tertiary/aromatic N) is 4. The predicted molar refractivity (Wildman–Crippen MR) is 138 cm³/mol. The topological polar surface area (TPSA) is 57.8 Å². The Morgan fingerprint density at radius 1 is 0.909 bits per heavy atom. The van der Waals surface area contributed by atoms with E-state index >= 15 is 0 Å². The monoisotopic (exact) mass is 429 g/mol. The first-order chi connectivity index (χ1) is 16.2. The molecule has 5 aromatic rings. The van der Waals surface area contributed by atoms with Crippen LogP contribution in [-0.2, 0) is 0 Å². The third-order valence-electron chi connectivity index (χ3n) is 5.67. The molecule has 2 aromatic heterocycles. The lowest BCUT2D eigenvalue weighted by Gasteiger charge is -2.21. The van der Waals surface area contributed by atoms with E-state index in [1.165, 1.54) is 6.21 Å². The molecule has 160 valence electrons. The van der Waals surface area contributed by atoms with Crippen molar-refractivity contribution < 1.29 is 0 Å². The van der Waals surface area contributed by atoms with Gasteiger partial charge in [0.05, 0.1) is 11.2 Å². The zero-order valence-corrected chi connectivity index (χ0v) is 18.3. The van der Waals surface area contributed by atoms with Crippen molar-refractivity contribution in [1.82, 2.24) is 14.5 Å². The highest BCUT2D eigenvalue weighted by Gasteiger charge is 2.21. The number of hydrogen-bond acceptors (Lipinski definition) is 4. The maximum atomic E-state index is 8.01. The van der Waals surface area contributed by atoms with Crippen molar-refractivity contribution in [2.24, 2.45) is 0 Å². The summed E-state index contributed by atoms with van der Waals surface area (Å²) in [6.07, 6.45) is 4.82. The van der Waals surface area contributed by atoms with Crippen LogP contribution in [0.2, 0.25) is 0 Å². The molecule has 0 radical (unpaired) electrons. The van der Waals surface area contributed by atoms with E-state index in [4.69, 9.17) is 15.4 Å². The highest BCUT2D eigenvalue weighted by Crippen LogP contribution is 2.37. The van der Waals surface area contributed by atoms with Gasteiger partial charge in [-0.15, -0.1) is 0 Å². The van der Waals surface area contributed by atoms with Crippen LogP contribution in [0.4, 0.5) is 11.5 Å². The minimum absolute atomic E-state index is 0.675. The van der Waals surface area contributed by atoms with Crippen LogP contribution < -0.4 is 4.90 Å².